The van der Waals surface area contributed by atoms with Crippen LogP contribution in [-0.2, 0) is 6.54 Å². The molecule has 1 aromatic rings. The molecule has 118 valence electrons. The van der Waals surface area contributed by atoms with Crippen molar-refractivity contribution in [3.8, 4) is 5.75 Å². The van der Waals surface area contributed by atoms with Gasteiger partial charge in [0.05, 0.1) is 19.3 Å². The number of nitrogens with zero attached hydrogens (tertiary/aromatic N) is 2. The van der Waals surface area contributed by atoms with Gasteiger partial charge in [-0.05, 0) is 20.8 Å². The molecule has 0 saturated heterocycles. The van der Waals surface area contributed by atoms with E-state index in [2.05, 4.69) is 27.2 Å². The van der Waals surface area contributed by atoms with Crippen LogP contribution in [0.3, 0.4) is 0 Å². The standard InChI is InChI=1S/C15H24N4O.HI/c1-6-8-17-15(16-7-2)19-10-13-12(4)14(20-5)11(3)9-18-13;/h6,9H,1,7-8,10H2,2-5H3,(H2,16,17,19);1H. The van der Waals surface area contributed by atoms with Gasteiger partial charge in [-0.3, -0.25) is 4.98 Å². The molecular formula is C15H25IN4O. The number of ether oxygens (including phenoxy) is 1. The van der Waals surface area contributed by atoms with Crippen LogP contribution < -0.4 is 15.4 Å². The lowest BCUT2D eigenvalue weighted by Crippen LogP contribution is -2.37. The van der Waals surface area contributed by atoms with Gasteiger partial charge >= 0.3 is 0 Å². The molecule has 1 rings (SSSR count). The molecule has 0 spiro atoms. The van der Waals surface area contributed by atoms with E-state index in [4.69, 9.17) is 4.74 Å². The third-order valence-electron chi connectivity index (χ3n) is 2.89. The molecule has 0 aliphatic carbocycles. The van der Waals surface area contributed by atoms with Gasteiger partial charge < -0.3 is 15.4 Å². The quantitative estimate of drug-likeness (QED) is 0.331. The average Bonchev–Trinajstić information content (AvgIpc) is 2.44. The van der Waals surface area contributed by atoms with Gasteiger partial charge in [-0.15, -0.1) is 30.6 Å². The largest absolute Gasteiger partial charge is 0.496 e. The lowest BCUT2D eigenvalue weighted by Gasteiger charge is -2.12. The summed E-state index contributed by atoms with van der Waals surface area (Å²) in [7, 11) is 1.68. The van der Waals surface area contributed by atoms with E-state index in [0.717, 1.165) is 35.1 Å². The molecule has 0 radical (unpaired) electrons. The lowest BCUT2D eigenvalue weighted by molar-refractivity contribution is 0.407. The number of aromatic nitrogens is 1. The normalized spacial score (nSPS) is 10.6. The Bertz CT molecular complexity index is 489. The first-order valence-electron chi connectivity index (χ1n) is 6.76. The monoisotopic (exact) mass is 404 g/mol. The van der Waals surface area contributed by atoms with Gasteiger partial charge in [0, 0.05) is 30.4 Å². The molecule has 0 atom stereocenters. The van der Waals surface area contributed by atoms with E-state index in [1.165, 1.54) is 0 Å². The van der Waals surface area contributed by atoms with Crippen molar-refractivity contribution in [2.75, 3.05) is 20.2 Å². The minimum atomic E-state index is 0. The van der Waals surface area contributed by atoms with Gasteiger partial charge in [0.2, 0.25) is 0 Å². The summed E-state index contributed by atoms with van der Waals surface area (Å²) < 4.78 is 5.40. The Hall–Kier alpha value is -1.31. The van der Waals surface area contributed by atoms with Crippen LogP contribution in [0.4, 0.5) is 0 Å². The van der Waals surface area contributed by atoms with Crippen molar-refractivity contribution in [3.05, 3.63) is 35.7 Å². The highest BCUT2D eigenvalue weighted by Crippen LogP contribution is 2.24. The number of aliphatic imine (C=N–C) groups is 1. The zero-order valence-corrected chi connectivity index (χ0v) is 15.5. The summed E-state index contributed by atoms with van der Waals surface area (Å²) in [5.41, 5.74) is 2.99. The first-order chi connectivity index (χ1) is 9.63. The number of rotatable bonds is 6. The number of nitrogens with one attached hydrogen (secondary N) is 2. The zero-order valence-electron chi connectivity index (χ0n) is 13.2. The van der Waals surface area contributed by atoms with Crippen LogP contribution in [0, 0.1) is 13.8 Å². The van der Waals surface area contributed by atoms with Crippen molar-refractivity contribution < 1.29 is 4.74 Å². The number of methoxy groups -OCH3 is 1. The van der Waals surface area contributed by atoms with Crippen molar-refractivity contribution in [2.45, 2.75) is 27.3 Å². The molecule has 6 heteroatoms. The smallest absolute Gasteiger partial charge is 0.191 e. The fraction of sp³-hybridized carbons (Fsp3) is 0.467. The summed E-state index contributed by atoms with van der Waals surface area (Å²) in [5, 5.41) is 6.34. The first-order valence-corrected chi connectivity index (χ1v) is 6.76. The third kappa shape index (κ3) is 5.91. The number of pyridine rings is 1. The van der Waals surface area contributed by atoms with E-state index in [1.54, 1.807) is 13.2 Å². The summed E-state index contributed by atoms with van der Waals surface area (Å²) in [6.07, 6.45) is 3.62. The molecular weight excluding hydrogens is 379 g/mol. The Morgan fingerprint density at radius 3 is 2.71 bits per heavy atom. The van der Waals surface area contributed by atoms with Gasteiger partial charge in [0.15, 0.2) is 5.96 Å². The predicted octanol–water partition coefficient (Wildman–Crippen LogP) is 2.57. The zero-order chi connectivity index (χ0) is 15.0. The Balaban J connectivity index is 0.00000400. The minimum absolute atomic E-state index is 0. The molecule has 0 saturated carbocycles. The van der Waals surface area contributed by atoms with Crippen LogP contribution >= 0.6 is 24.0 Å². The van der Waals surface area contributed by atoms with E-state index < -0.39 is 0 Å². The Kier molecular flexibility index (Phi) is 9.77. The average molecular weight is 404 g/mol. The summed E-state index contributed by atoms with van der Waals surface area (Å²) in [5.74, 6) is 1.64. The highest BCUT2D eigenvalue weighted by molar-refractivity contribution is 14.0. The highest BCUT2D eigenvalue weighted by Gasteiger charge is 2.09. The van der Waals surface area contributed by atoms with Crippen LogP contribution in [0.5, 0.6) is 5.75 Å². The molecule has 0 aromatic carbocycles. The Morgan fingerprint density at radius 1 is 1.43 bits per heavy atom. The molecule has 0 bridgehead atoms. The second-order valence-electron chi connectivity index (χ2n) is 4.41. The molecule has 0 amide bonds. The Labute approximate surface area is 144 Å². The second kappa shape index (κ2) is 10.4. The van der Waals surface area contributed by atoms with Crippen molar-refractivity contribution >= 4 is 29.9 Å². The van der Waals surface area contributed by atoms with Crippen LogP contribution in [0.15, 0.2) is 23.8 Å². The fourth-order valence-electron chi connectivity index (χ4n) is 1.90. The fourth-order valence-corrected chi connectivity index (χ4v) is 1.90. The molecule has 1 heterocycles. The van der Waals surface area contributed by atoms with Gasteiger partial charge in [-0.25, -0.2) is 4.99 Å². The van der Waals surface area contributed by atoms with Crippen molar-refractivity contribution in [1.82, 2.24) is 15.6 Å². The SMILES string of the molecule is C=CCNC(=NCc1ncc(C)c(OC)c1C)NCC.I. The summed E-state index contributed by atoms with van der Waals surface area (Å²) in [6, 6.07) is 0. The minimum Gasteiger partial charge on any atom is -0.496 e. The van der Waals surface area contributed by atoms with E-state index in [-0.39, 0.29) is 24.0 Å². The number of aryl methyl sites for hydroxylation is 1. The molecule has 2 N–H and O–H groups in total. The first kappa shape index (κ1) is 19.7. The van der Waals surface area contributed by atoms with Gasteiger partial charge in [0.25, 0.3) is 0 Å². The molecule has 0 unspecified atom stereocenters. The summed E-state index contributed by atoms with van der Waals surface area (Å²) in [6.45, 7) is 11.7. The lowest BCUT2D eigenvalue weighted by atomic mass is 10.1. The van der Waals surface area contributed by atoms with Gasteiger partial charge in [-0.1, -0.05) is 6.08 Å². The highest BCUT2D eigenvalue weighted by atomic mass is 127. The van der Waals surface area contributed by atoms with Crippen LogP contribution in [0.1, 0.15) is 23.7 Å². The maximum atomic E-state index is 5.40. The number of hydrogen-bond donors (Lipinski definition) is 2. The number of hydrogen-bond acceptors (Lipinski definition) is 3. The molecule has 1 aromatic heterocycles. The molecule has 0 aliphatic heterocycles. The molecule has 0 fully saturated rings. The van der Waals surface area contributed by atoms with E-state index in [1.807, 2.05) is 27.0 Å². The number of guanidine groups is 1. The second-order valence-corrected chi connectivity index (χ2v) is 4.41. The van der Waals surface area contributed by atoms with Crippen molar-refractivity contribution in [2.24, 2.45) is 4.99 Å². The molecule has 5 nitrogen and oxygen atoms in total. The molecule has 21 heavy (non-hydrogen) atoms. The van der Waals surface area contributed by atoms with Crippen LogP contribution in [0.2, 0.25) is 0 Å². The van der Waals surface area contributed by atoms with E-state index in [0.29, 0.717) is 13.1 Å². The summed E-state index contributed by atoms with van der Waals surface area (Å²) >= 11 is 0. The Morgan fingerprint density at radius 2 is 2.14 bits per heavy atom. The topological polar surface area (TPSA) is 58.5 Å². The van der Waals surface area contributed by atoms with Gasteiger partial charge in [0.1, 0.15) is 5.75 Å². The van der Waals surface area contributed by atoms with E-state index >= 15 is 0 Å². The van der Waals surface area contributed by atoms with Crippen LogP contribution in [0.25, 0.3) is 0 Å². The number of halogens is 1. The van der Waals surface area contributed by atoms with Gasteiger partial charge in [-0.2, -0.15) is 0 Å². The maximum Gasteiger partial charge on any atom is 0.191 e. The van der Waals surface area contributed by atoms with Crippen molar-refractivity contribution in [3.63, 3.8) is 0 Å². The van der Waals surface area contributed by atoms with Crippen molar-refractivity contribution in [1.29, 1.82) is 0 Å². The van der Waals surface area contributed by atoms with E-state index in [9.17, 15) is 0 Å². The van der Waals surface area contributed by atoms with Crippen LogP contribution in [-0.4, -0.2) is 31.1 Å². The third-order valence-corrected chi connectivity index (χ3v) is 2.89. The maximum absolute atomic E-state index is 5.40. The summed E-state index contributed by atoms with van der Waals surface area (Å²) in [4.78, 5) is 8.95. The predicted molar refractivity (Wildman–Crippen MR) is 98.7 cm³/mol. The molecule has 0 aliphatic rings.